The highest BCUT2D eigenvalue weighted by molar-refractivity contribution is 8.29. The van der Waals surface area contributed by atoms with Crippen molar-refractivity contribution in [2.75, 3.05) is 20.2 Å². The lowest BCUT2D eigenvalue weighted by molar-refractivity contribution is 0.204. The van der Waals surface area contributed by atoms with Crippen LogP contribution in [0.4, 0.5) is 0 Å². The number of rotatable bonds is 6. The SMILES string of the molecule is COc1ccc2c(CCN=C3NC(=NC[C@@H](C)O)S3)c[nH]c2c1. The molecule has 122 valence electrons. The lowest BCUT2D eigenvalue weighted by Gasteiger charge is -2.20. The number of hydrogen-bond donors (Lipinski definition) is 3. The molecule has 1 atom stereocenters. The molecule has 7 heteroatoms. The maximum atomic E-state index is 9.17. The monoisotopic (exact) mass is 332 g/mol. The van der Waals surface area contributed by atoms with Gasteiger partial charge in [0.25, 0.3) is 0 Å². The smallest absolute Gasteiger partial charge is 0.170 e. The Hall–Kier alpha value is -1.99. The Bertz CT molecular complexity index is 742. The Morgan fingerprint density at radius 3 is 2.83 bits per heavy atom. The number of aromatic nitrogens is 1. The highest BCUT2D eigenvalue weighted by Gasteiger charge is 2.19. The first-order valence-electron chi connectivity index (χ1n) is 7.51. The van der Waals surface area contributed by atoms with Gasteiger partial charge in [0.1, 0.15) is 5.75 Å². The molecule has 0 bridgehead atoms. The molecule has 1 saturated heterocycles. The third-order valence-corrected chi connectivity index (χ3v) is 4.37. The predicted octanol–water partition coefficient (Wildman–Crippen LogP) is 2.15. The highest BCUT2D eigenvalue weighted by Crippen LogP contribution is 2.23. The Morgan fingerprint density at radius 2 is 2.09 bits per heavy atom. The zero-order valence-corrected chi connectivity index (χ0v) is 14.0. The molecule has 1 aromatic heterocycles. The van der Waals surface area contributed by atoms with Crippen LogP contribution in [0.3, 0.4) is 0 Å². The van der Waals surface area contributed by atoms with Crippen molar-refractivity contribution in [2.45, 2.75) is 19.4 Å². The Kier molecular flexibility index (Phi) is 4.88. The number of nitrogens with zero attached hydrogens (tertiary/aromatic N) is 2. The molecule has 3 rings (SSSR count). The Labute approximate surface area is 139 Å². The number of amidine groups is 2. The van der Waals surface area contributed by atoms with E-state index in [4.69, 9.17) is 9.84 Å². The van der Waals surface area contributed by atoms with Gasteiger partial charge in [-0.25, -0.2) is 0 Å². The number of ether oxygens (including phenoxy) is 1. The summed E-state index contributed by atoms with van der Waals surface area (Å²) in [4.78, 5) is 12.0. The number of thioether (sulfide) groups is 1. The molecule has 2 aromatic rings. The van der Waals surface area contributed by atoms with Gasteiger partial charge in [0.2, 0.25) is 0 Å². The fraction of sp³-hybridized carbons (Fsp3) is 0.375. The fourth-order valence-corrected chi connectivity index (χ4v) is 2.94. The van der Waals surface area contributed by atoms with Crippen molar-refractivity contribution in [1.29, 1.82) is 0 Å². The van der Waals surface area contributed by atoms with E-state index in [0.717, 1.165) is 34.6 Å². The van der Waals surface area contributed by atoms with Crippen LogP contribution < -0.4 is 10.1 Å². The van der Waals surface area contributed by atoms with Gasteiger partial charge in [-0.1, -0.05) is 0 Å². The summed E-state index contributed by atoms with van der Waals surface area (Å²) in [6.07, 6.45) is 2.49. The van der Waals surface area contributed by atoms with E-state index in [-0.39, 0.29) is 0 Å². The van der Waals surface area contributed by atoms with Gasteiger partial charge >= 0.3 is 0 Å². The second-order valence-corrected chi connectivity index (χ2v) is 6.36. The van der Waals surface area contributed by atoms with E-state index >= 15 is 0 Å². The summed E-state index contributed by atoms with van der Waals surface area (Å²) in [5.41, 5.74) is 2.33. The minimum Gasteiger partial charge on any atom is -0.497 e. The van der Waals surface area contributed by atoms with Gasteiger partial charge in [-0.2, -0.15) is 0 Å². The zero-order chi connectivity index (χ0) is 16.2. The molecule has 1 aromatic carbocycles. The van der Waals surface area contributed by atoms with Crippen LogP contribution in [0.5, 0.6) is 5.75 Å². The number of aliphatic hydroxyl groups is 1. The summed E-state index contributed by atoms with van der Waals surface area (Å²) < 4.78 is 5.23. The molecule has 0 saturated carbocycles. The van der Waals surface area contributed by atoms with Crippen LogP contribution >= 0.6 is 11.8 Å². The van der Waals surface area contributed by atoms with E-state index in [1.807, 2.05) is 18.3 Å². The topological polar surface area (TPSA) is 82.0 Å². The predicted molar refractivity (Wildman–Crippen MR) is 95.6 cm³/mol. The maximum Gasteiger partial charge on any atom is 0.170 e. The largest absolute Gasteiger partial charge is 0.497 e. The van der Waals surface area contributed by atoms with Crippen LogP contribution in [0.25, 0.3) is 10.9 Å². The number of aliphatic imine (C=N–C) groups is 2. The molecule has 0 spiro atoms. The van der Waals surface area contributed by atoms with Crippen molar-refractivity contribution in [3.8, 4) is 5.75 Å². The second-order valence-electron chi connectivity index (χ2n) is 5.38. The van der Waals surface area contributed by atoms with Crippen LogP contribution in [0.1, 0.15) is 12.5 Å². The summed E-state index contributed by atoms with van der Waals surface area (Å²) >= 11 is 1.51. The molecule has 6 nitrogen and oxygen atoms in total. The number of nitrogens with one attached hydrogen (secondary N) is 2. The van der Waals surface area contributed by atoms with Crippen molar-refractivity contribution in [1.82, 2.24) is 10.3 Å². The van der Waals surface area contributed by atoms with Crippen molar-refractivity contribution >= 4 is 33.0 Å². The van der Waals surface area contributed by atoms with Gasteiger partial charge in [-0.15, -0.1) is 0 Å². The van der Waals surface area contributed by atoms with E-state index in [1.54, 1.807) is 14.0 Å². The van der Waals surface area contributed by atoms with Crippen LogP contribution in [-0.2, 0) is 6.42 Å². The summed E-state index contributed by atoms with van der Waals surface area (Å²) in [6.45, 7) is 2.86. The third-order valence-electron chi connectivity index (χ3n) is 3.52. The van der Waals surface area contributed by atoms with Gasteiger partial charge in [-0.3, -0.25) is 9.98 Å². The summed E-state index contributed by atoms with van der Waals surface area (Å²) in [5, 5.41) is 15.2. The average molecular weight is 332 g/mol. The molecule has 1 aliphatic heterocycles. The molecule has 23 heavy (non-hydrogen) atoms. The molecule has 0 amide bonds. The maximum absolute atomic E-state index is 9.17. The van der Waals surface area contributed by atoms with E-state index in [9.17, 15) is 0 Å². The molecule has 2 heterocycles. The van der Waals surface area contributed by atoms with E-state index < -0.39 is 6.10 Å². The highest BCUT2D eigenvalue weighted by atomic mass is 32.2. The van der Waals surface area contributed by atoms with Crippen LogP contribution in [0.2, 0.25) is 0 Å². The standard InChI is InChI=1S/C16H20N4O2S/c1-10(21)8-19-16-20-15(23-16)17-6-5-11-9-18-14-7-12(22-2)3-4-13(11)14/h3-4,7,9-10,18,21H,5-6,8H2,1-2H3,(H,17,19,20)/t10-/m1/s1. The lowest BCUT2D eigenvalue weighted by atomic mass is 10.1. The molecule has 0 radical (unpaired) electrons. The van der Waals surface area contributed by atoms with Crippen LogP contribution in [-0.4, -0.2) is 46.7 Å². The van der Waals surface area contributed by atoms with Gasteiger partial charge < -0.3 is 20.1 Å². The van der Waals surface area contributed by atoms with Crippen LogP contribution in [0.15, 0.2) is 34.4 Å². The Morgan fingerprint density at radius 1 is 1.30 bits per heavy atom. The minimum atomic E-state index is -0.411. The fourth-order valence-electron chi connectivity index (χ4n) is 2.32. The summed E-state index contributed by atoms with van der Waals surface area (Å²) in [7, 11) is 1.67. The van der Waals surface area contributed by atoms with Crippen molar-refractivity contribution in [2.24, 2.45) is 9.98 Å². The molecule has 3 N–H and O–H groups in total. The molecule has 1 aliphatic rings. The average Bonchev–Trinajstić information content (AvgIpc) is 2.90. The number of fused-ring (bicyclic) bond motifs is 1. The van der Waals surface area contributed by atoms with Gasteiger partial charge in [-0.05, 0) is 42.8 Å². The number of hydrogen-bond acceptors (Lipinski definition) is 5. The lowest BCUT2D eigenvalue weighted by Crippen LogP contribution is -2.39. The van der Waals surface area contributed by atoms with Crippen molar-refractivity contribution in [3.63, 3.8) is 0 Å². The van der Waals surface area contributed by atoms with E-state index in [1.165, 1.54) is 22.7 Å². The number of methoxy groups -OCH3 is 1. The third kappa shape index (κ3) is 3.86. The molecular weight excluding hydrogens is 312 g/mol. The second kappa shape index (κ2) is 7.06. The molecule has 1 fully saturated rings. The zero-order valence-electron chi connectivity index (χ0n) is 13.2. The summed E-state index contributed by atoms with van der Waals surface area (Å²) in [5.74, 6) is 0.852. The number of aromatic amines is 1. The van der Waals surface area contributed by atoms with Gasteiger partial charge in [0, 0.05) is 29.7 Å². The molecule has 0 aliphatic carbocycles. The van der Waals surface area contributed by atoms with E-state index in [2.05, 4.69) is 26.4 Å². The molecule has 0 unspecified atom stereocenters. The van der Waals surface area contributed by atoms with Gasteiger partial charge in [0.15, 0.2) is 10.3 Å². The number of H-pyrrole nitrogens is 1. The minimum absolute atomic E-state index is 0.411. The van der Waals surface area contributed by atoms with Gasteiger partial charge in [0.05, 0.1) is 19.8 Å². The van der Waals surface area contributed by atoms with Crippen LogP contribution in [0, 0.1) is 0 Å². The quantitative estimate of drug-likeness (QED) is 0.757. The first kappa shape index (κ1) is 15.9. The normalized spacial score (nSPS) is 18.9. The number of aliphatic hydroxyl groups excluding tert-OH is 1. The van der Waals surface area contributed by atoms with E-state index in [0.29, 0.717) is 6.54 Å². The van der Waals surface area contributed by atoms with Crippen molar-refractivity contribution in [3.05, 3.63) is 30.0 Å². The molecular formula is C16H20N4O2S. The first-order valence-corrected chi connectivity index (χ1v) is 8.33. The Balaban J connectivity index is 1.54. The van der Waals surface area contributed by atoms with Crippen molar-refractivity contribution < 1.29 is 9.84 Å². The summed E-state index contributed by atoms with van der Waals surface area (Å²) in [6, 6.07) is 6.04. The first-order chi connectivity index (χ1) is 11.2. The number of benzene rings is 1.